The third kappa shape index (κ3) is 4.99. The Morgan fingerprint density at radius 2 is 2.05 bits per heavy atom. The lowest BCUT2D eigenvalue weighted by atomic mass is 10.0. The third-order valence-electron chi connectivity index (χ3n) is 3.95. The van der Waals surface area contributed by atoms with Crippen molar-refractivity contribution >= 4 is 17.5 Å². The molecule has 1 amide bonds. The van der Waals surface area contributed by atoms with Gasteiger partial charge < -0.3 is 10.4 Å². The van der Waals surface area contributed by atoms with Gasteiger partial charge in [-0.2, -0.15) is 0 Å². The van der Waals surface area contributed by atoms with E-state index in [1.807, 2.05) is 36.2 Å². The van der Waals surface area contributed by atoms with Gasteiger partial charge in [-0.3, -0.25) is 9.69 Å². The number of carbonyl (C=O) groups is 1. The van der Waals surface area contributed by atoms with Crippen molar-refractivity contribution in [3.8, 4) is 0 Å². The number of nitrogens with one attached hydrogen (secondary N) is 1. The minimum Gasteiger partial charge on any atom is -0.389 e. The molecule has 1 aromatic carbocycles. The maximum absolute atomic E-state index is 11.9. The van der Waals surface area contributed by atoms with E-state index in [2.05, 4.69) is 5.32 Å². The molecule has 1 aliphatic carbocycles. The lowest BCUT2D eigenvalue weighted by molar-refractivity contribution is -0.122. The van der Waals surface area contributed by atoms with Gasteiger partial charge in [0.05, 0.1) is 12.1 Å². The smallest absolute Gasteiger partial charge is 0.234 e. The van der Waals surface area contributed by atoms with Crippen molar-refractivity contribution in [2.75, 3.05) is 20.1 Å². The van der Waals surface area contributed by atoms with Crippen molar-refractivity contribution < 1.29 is 9.90 Å². The Labute approximate surface area is 131 Å². The molecule has 1 fully saturated rings. The summed E-state index contributed by atoms with van der Waals surface area (Å²) in [6.45, 7) is 1.26. The van der Waals surface area contributed by atoms with Gasteiger partial charge in [0.15, 0.2) is 0 Å². The van der Waals surface area contributed by atoms with Crippen LogP contribution in [0.2, 0.25) is 5.02 Å². The van der Waals surface area contributed by atoms with Gasteiger partial charge in [-0.1, -0.05) is 42.6 Å². The standard InChI is InChI=1S/C16H23ClN2O2/c1-19(12-16(21)8-4-5-9-16)11-15(20)18-10-13-6-2-3-7-14(13)17/h2-3,6-7,21H,4-5,8-12H2,1H3,(H,18,20). The molecule has 0 unspecified atom stereocenters. The lowest BCUT2D eigenvalue weighted by Gasteiger charge is -2.28. The van der Waals surface area contributed by atoms with Crippen molar-refractivity contribution in [3.05, 3.63) is 34.9 Å². The number of nitrogens with zero attached hydrogens (tertiary/aromatic N) is 1. The van der Waals surface area contributed by atoms with Gasteiger partial charge in [0.25, 0.3) is 0 Å². The zero-order chi connectivity index (χ0) is 15.3. The summed E-state index contributed by atoms with van der Waals surface area (Å²) in [6.07, 6.45) is 3.81. The molecule has 21 heavy (non-hydrogen) atoms. The summed E-state index contributed by atoms with van der Waals surface area (Å²) in [4.78, 5) is 13.8. The number of aliphatic hydroxyl groups is 1. The summed E-state index contributed by atoms with van der Waals surface area (Å²) < 4.78 is 0. The largest absolute Gasteiger partial charge is 0.389 e. The first-order valence-corrected chi connectivity index (χ1v) is 7.77. The Morgan fingerprint density at radius 3 is 2.71 bits per heavy atom. The first-order chi connectivity index (χ1) is 9.98. The van der Waals surface area contributed by atoms with Crippen LogP contribution in [0.3, 0.4) is 0 Å². The Balaban J connectivity index is 1.75. The number of benzene rings is 1. The number of carbonyl (C=O) groups excluding carboxylic acids is 1. The molecular weight excluding hydrogens is 288 g/mol. The van der Waals surface area contributed by atoms with Crippen LogP contribution in [0.25, 0.3) is 0 Å². The maximum Gasteiger partial charge on any atom is 0.234 e. The average Bonchev–Trinajstić information content (AvgIpc) is 2.84. The van der Waals surface area contributed by atoms with Crippen molar-refractivity contribution in [3.63, 3.8) is 0 Å². The molecule has 4 nitrogen and oxygen atoms in total. The molecule has 0 saturated heterocycles. The Kier molecular flexibility index (Phi) is 5.62. The number of rotatable bonds is 6. The molecule has 1 aromatic rings. The van der Waals surface area contributed by atoms with Gasteiger partial charge in [0.2, 0.25) is 5.91 Å². The lowest BCUT2D eigenvalue weighted by Crippen LogP contribution is -2.43. The monoisotopic (exact) mass is 310 g/mol. The van der Waals surface area contributed by atoms with E-state index in [0.717, 1.165) is 31.2 Å². The van der Waals surface area contributed by atoms with E-state index >= 15 is 0 Å². The molecule has 0 aromatic heterocycles. The van der Waals surface area contributed by atoms with Crippen LogP contribution in [-0.2, 0) is 11.3 Å². The molecular formula is C16H23ClN2O2. The second-order valence-corrected chi connectivity index (χ2v) is 6.38. The van der Waals surface area contributed by atoms with Crippen LogP contribution in [0.5, 0.6) is 0 Å². The molecule has 2 N–H and O–H groups in total. The highest BCUT2D eigenvalue weighted by Crippen LogP contribution is 2.29. The minimum absolute atomic E-state index is 0.0565. The van der Waals surface area contributed by atoms with Crippen molar-refractivity contribution in [1.82, 2.24) is 10.2 Å². The molecule has 0 radical (unpaired) electrons. The normalized spacial score (nSPS) is 17.1. The van der Waals surface area contributed by atoms with Crippen LogP contribution < -0.4 is 5.32 Å². The van der Waals surface area contributed by atoms with Crippen LogP contribution in [0, 0.1) is 0 Å². The van der Waals surface area contributed by atoms with Crippen molar-refractivity contribution in [2.24, 2.45) is 0 Å². The summed E-state index contributed by atoms with van der Waals surface area (Å²) in [5.41, 5.74) is 0.294. The molecule has 116 valence electrons. The zero-order valence-corrected chi connectivity index (χ0v) is 13.2. The number of halogens is 1. The number of hydrogen-bond donors (Lipinski definition) is 2. The second-order valence-electron chi connectivity index (χ2n) is 5.97. The van der Waals surface area contributed by atoms with Gasteiger partial charge in [-0.15, -0.1) is 0 Å². The average molecular weight is 311 g/mol. The SMILES string of the molecule is CN(CC(=O)NCc1ccccc1Cl)CC1(O)CCCC1. The molecule has 0 atom stereocenters. The molecule has 1 aliphatic rings. The second kappa shape index (κ2) is 7.25. The van der Waals surface area contributed by atoms with Gasteiger partial charge in [0.1, 0.15) is 0 Å². The van der Waals surface area contributed by atoms with Crippen LogP contribution in [0.4, 0.5) is 0 Å². The fraction of sp³-hybridized carbons (Fsp3) is 0.562. The topological polar surface area (TPSA) is 52.6 Å². The van der Waals surface area contributed by atoms with E-state index in [1.54, 1.807) is 0 Å². The molecule has 0 bridgehead atoms. The maximum atomic E-state index is 11.9. The van der Waals surface area contributed by atoms with Crippen LogP contribution in [0.15, 0.2) is 24.3 Å². The Morgan fingerprint density at radius 1 is 1.38 bits per heavy atom. The molecule has 0 heterocycles. The number of hydrogen-bond acceptors (Lipinski definition) is 3. The fourth-order valence-corrected chi connectivity index (χ4v) is 3.09. The quantitative estimate of drug-likeness (QED) is 0.847. The van der Waals surface area contributed by atoms with E-state index in [9.17, 15) is 9.90 Å². The van der Waals surface area contributed by atoms with Gasteiger partial charge >= 0.3 is 0 Å². The molecule has 0 spiro atoms. The predicted molar refractivity (Wildman–Crippen MR) is 84.2 cm³/mol. The van der Waals surface area contributed by atoms with Crippen molar-refractivity contribution in [2.45, 2.75) is 37.8 Å². The van der Waals surface area contributed by atoms with Gasteiger partial charge in [-0.05, 0) is 31.5 Å². The van der Waals surface area contributed by atoms with E-state index < -0.39 is 5.60 Å². The number of likely N-dealkylation sites (N-methyl/N-ethyl adjacent to an activating group) is 1. The zero-order valence-electron chi connectivity index (χ0n) is 12.4. The van der Waals surface area contributed by atoms with Gasteiger partial charge in [-0.25, -0.2) is 0 Å². The highest BCUT2D eigenvalue weighted by molar-refractivity contribution is 6.31. The van der Waals surface area contributed by atoms with E-state index in [4.69, 9.17) is 11.6 Å². The highest BCUT2D eigenvalue weighted by Gasteiger charge is 2.32. The van der Waals surface area contributed by atoms with E-state index in [0.29, 0.717) is 18.1 Å². The molecule has 1 saturated carbocycles. The molecule has 2 rings (SSSR count). The summed E-state index contributed by atoms with van der Waals surface area (Å²) >= 11 is 6.05. The molecule has 5 heteroatoms. The Hall–Kier alpha value is -1.10. The molecule has 0 aliphatic heterocycles. The highest BCUT2D eigenvalue weighted by atomic mass is 35.5. The van der Waals surface area contributed by atoms with E-state index in [1.165, 1.54) is 0 Å². The summed E-state index contributed by atoms with van der Waals surface area (Å²) in [7, 11) is 1.87. The summed E-state index contributed by atoms with van der Waals surface area (Å²) in [5.74, 6) is -0.0565. The number of amides is 1. The van der Waals surface area contributed by atoms with Crippen LogP contribution >= 0.6 is 11.6 Å². The predicted octanol–water partition coefficient (Wildman–Crippen LogP) is 2.19. The fourth-order valence-electron chi connectivity index (χ4n) is 2.89. The minimum atomic E-state index is -0.613. The summed E-state index contributed by atoms with van der Waals surface area (Å²) in [5, 5.41) is 13.8. The Bertz CT molecular complexity index is 487. The van der Waals surface area contributed by atoms with Crippen LogP contribution in [0.1, 0.15) is 31.2 Å². The van der Waals surface area contributed by atoms with Crippen LogP contribution in [-0.4, -0.2) is 41.7 Å². The first kappa shape index (κ1) is 16.3. The van der Waals surface area contributed by atoms with Crippen molar-refractivity contribution in [1.29, 1.82) is 0 Å². The first-order valence-electron chi connectivity index (χ1n) is 7.40. The third-order valence-corrected chi connectivity index (χ3v) is 4.31. The van der Waals surface area contributed by atoms with E-state index in [-0.39, 0.29) is 12.5 Å². The summed E-state index contributed by atoms with van der Waals surface area (Å²) in [6, 6.07) is 7.47. The van der Waals surface area contributed by atoms with Gasteiger partial charge in [0, 0.05) is 18.1 Å².